The number of thiol groups is 1. The van der Waals surface area contributed by atoms with E-state index in [0.29, 0.717) is 76.6 Å². The number of carboxylic acid groups (broad SMARTS) is 1. The van der Waals surface area contributed by atoms with Crippen molar-refractivity contribution in [2.24, 2.45) is 4.99 Å². The Hall–Kier alpha value is -7.03. The van der Waals surface area contributed by atoms with E-state index in [4.69, 9.17) is 48.5 Å². The van der Waals surface area contributed by atoms with Crippen molar-refractivity contribution in [1.82, 2.24) is 16.0 Å². The zero-order valence-electron chi connectivity index (χ0n) is 34.2. The van der Waals surface area contributed by atoms with Gasteiger partial charge in [0.1, 0.15) is 40.9 Å². The molecule has 0 fully saturated rings. The van der Waals surface area contributed by atoms with Gasteiger partial charge in [0, 0.05) is 45.7 Å². The Morgan fingerprint density at radius 2 is 1.62 bits per heavy atom. The number of ether oxygens (including phenoxy) is 1. The van der Waals surface area contributed by atoms with Crippen molar-refractivity contribution in [3.63, 3.8) is 0 Å². The van der Waals surface area contributed by atoms with E-state index in [0.717, 1.165) is 5.56 Å². The molecule has 0 saturated heterocycles. The van der Waals surface area contributed by atoms with Crippen LogP contribution < -0.4 is 21.0 Å². The van der Waals surface area contributed by atoms with Gasteiger partial charge >= 0.3 is 5.97 Å². The first kappa shape index (κ1) is 44.6. The van der Waals surface area contributed by atoms with Gasteiger partial charge in [0.15, 0.2) is 10.6 Å². The molecule has 1 aromatic heterocycles. The first-order chi connectivity index (χ1) is 31.2. The number of aromatic hydroxyl groups is 1. The van der Waals surface area contributed by atoms with Gasteiger partial charge in [-0.25, -0.2) is 9.79 Å². The first-order valence-corrected chi connectivity index (χ1v) is 21.4. The fraction of sp³-hybridized carbons (Fsp3) is 0.0816. The fourth-order valence-corrected chi connectivity index (χ4v) is 8.16. The van der Waals surface area contributed by atoms with Crippen LogP contribution in [-0.4, -0.2) is 32.4 Å². The van der Waals surface area contributed by atoms with Gasteiger partial charge in [-0.15, -0.1) is 12.6 Å². The second-order valence-electron chi connectivity index (χ2n) is 14.9. The lowest BCUT2D eigenvalue weighted by molar-refractivity contribution is 0.0697. The zero-order valence-corrected chi connectivity index (χ0v) is 37.4. The summed E-state index contributed by atoms with van der Waals surface area (Å²) in [6, 6.07) is 30.7. The van der Waals surface area contributed by atoms with Crippen LogP contribution in [0.25, 0.3) is 56.8 Å². The van der Waals surface area contributed by atoms with Crippen molar-refractivity contribution >= 4 is 93.3 Å². The van der Waals surface area contributed by atoms with Gasteiger partial charge in [-0.2, -0.15) is 0 Å². The fourth-order valence-electron chi connectivity index (χ4n) is 7.17. The highest BCUT2D eigenvalue weighted by Crippen LogP contribution is 2.43. The molecule has 0 spiro atoms. The first-order valence-electron chi connectivity index (χ1n) is 19.8. The van der Waals surface area contributed by atoms with Gasteiger partial charge in [0.2, 0.25) is 0 Å². The average Bonchev–Trinajstić information content (AvgIpc) is 3.70. The van der Waals surface area contributed by atoms with Crippen molar-refractivity contribution in [2.45, 2.75) is 26.4 Å². The second-order valence-corrected chi connectivity index (χ2v) is 16.6. The summed E-state index contributed by atoms with van der Waals surface area (Å²) < 4.78 is 17.8. The number of amides is 1. The Morgan fingerprint density at radius 3 is 2.37 bits per heavy atom. The van der Waals surface area contributed by atoms with E-state index in [9.17, 15) is 24.6 Å². The summed E-state index contributed by atoms with van der Waals surface area (Å²) in [6.45, 7) is 4.11. The molecule has 1 aliphatic heterocycles. The third kappa shape index (κ3) is 9.74. The van der Waals surface area contributed by atoms with Crippen molar-refractivity contribution < 1.29 is 33.5 Å². The number of aliphatic imine (C=N–C) groups is 1. The summed E-state index contributed by atoms with van der Waals surface area (Å²) >= 11 is 24.1. The summed E-state index contributed by atoms with van der Waals surface area (Å²) in [5.74, 6) is -0.370. The third-order valence-electron chi connectivity index (χ3n) is 10.2. The molecule has 2 heterocycles. The van der Waals surface area contributed by atoms with Crippen LogP contribution in [0.5, 0.6) is 11.5 Å². The second kappa shape index (κ2) is 19.0. The van der Waals surface area contributed by atoms with Crippen LogP contribution in [0, 0.1) is 0 Å². The molecule has 1 aliphatic carbocycles. The molecule has 12 nitrogen and oxygen atoms in total. The number of fused-ring (bicyclic) bond motifs is 2. The molecule has 0 bridgehead atoms. The lowest BCUT2D eigenvalue weighted by Crippen LogP contribution is -2.39. The van der Waals surface area contributed by atoms with Crippen LogP contribution in [0.2, 0.25) is 15.1 Å². The lowest BCUT2D eigenvalue weighted by atomic mass is 9.90. The van der Waals surface area contributed by atoms with E-state index in [2.05, 4.69) is 33.6 Å². The van der Waals surface area contributed by atoms with E-state index < -0.39 is 11.9 Å². The van der Waals surface area contributed by atoms with Crippen molar-refractivity contribution in [3.05, 3.63) is 174 Å². The number of aromatic carboxylic acids is 1. The van der Waals surface area contributed by atoms with Crippen molar-refractivity contribution in [2.75, 3.05) is 0 Å². The SMILES string of the molecule is CC(C)c1onc(-c2c(Cl)cccc2Cl)c1COc1ccc(/C=C/c2cccc(C(=O)NNC(S)=Nc3ccc(-c4c5ccc(=O)cc-5oc5cc(O)ccc45)c(C(=O)O)c3)c2)c(Cl)c1. The molecule has 0 unspecified atom stereocenters. The Morgan fingerprint density at radius 1 is 0.846 bits per heavy atom. The summed E-state index contributed by atoms with van der Waals surface area (Å²) in [5, 5.41) is 26.5. The maximum atomic E-state index is 13.2. The number of carbonyl (C=O) groups is 2. The molecular weight excluding hydrogens is 911 g/mol. The van der Waals surface area contributed by atoms with Crippen LogP contribution in [0.3, 0.4) is 0 Å². The molecule has 1 amide bonds. The number of benzene rings is 6. The minimum Gasteiger partial charge on any atom is -0.508 e. The minimum atomic E-state index is -1.24. The topological polar surface area (TPSA) is 176 Å². The standard InChI is InChI=1S/C49H35Cl3N4O8S/c1-25(2)46-37(45(56-64-46)44-38(50)7-4-8-39(44)51)24-62-32-15-11-27(40(52)23-32)10-9-26-5-3-6-28(19-26)47(59)54-55-49(65)53-29-12-16-33(36(20-29)48(60)61)43-34-17-13-30(57)21-41(34)63-42-22-31(58)14-18-35(42)43/h3-23,25,57H,24H2,1-2H3,(H,54,59)(H,60,61)(H2,53,55,65)/b10-9+. The molecular formula is C49H35Cl3N4O8S. The van der Waals surface area contributed by atoms with E-state index >= 15 is 0 Å². The number of carbonyl (C=O) groups excluding carboxylic acids is 1. The molecule has 2 aliphatic rings. The van der Waals surface area contributed by atoms with Gasteiger partial charge in [-0.05, 0) is 95.6 Å². The third-order valence-corrected chi connectivity index (χ3v) is 11.4. The summed E-state index contributed by atoms with van der Waals surface area (Å²) in [6.07, 6.45) is 3.63. The number of nitrogens with zero attached hydrogens (tertiary/aromatic N) is 2. The number of rotatable bonds is 11. The number of phenolic OH excluding ortho intramolecular Hbond substituents is 1. The van der Waals surface area contributed by atoms with Gasteiger partial charge in [-0.1, -0.05) is 90.2 Å². The molecule has 6 aromatic rings. The molecule has 0 radical (unpaired) electrons. The summed E-state index contributed by atoms with van der Waals surface area (Å²) in [4.78, 5) is 42.4. The highest BCUT2D eigenvalue weighted by molar-refractivity contribution is 7.96. The van der Waals surface area contributed by atoms with Gasteiger partial charge in [0.25, 0.3) is 5.91 Å². The van der Waals surface area contributed by atoms with Crippen LogP contribution in [0.4, 0.5) is 5.69 Å². The number of nitrogens with one attached hydrogen (secondary N) is 2. The summed E-state index contributed by atoms with van der Waals surface area (Å²) in [7, 11) is 0. The molecule has 0 atom stereocenters. The number of hydrazine groups is 1. The Bertz CT molecular complexity index is 3230. The molecule has 8 rings (SSSR count). The monoisotopic (exact) mass is 944 g/mol. The molecule has 326 valence electrons. The predicted octanol–water partition coefficient (Wildman–Crippen LogP) is 12.3. The lowest BCUT2D eigenvalue weighted by Gasteiger charge is -2.17. The number of halogens is 3. The van der Waals surface area contributed by atoms with E-state index in [1.54, 1.807) is 72.8 Å². The highest BCUT2D eigenvalue weighted by Gasteiger charge is 2.25. The molecule has 0 saturated carbocycles. The largest absolute Gasteiger partial charge is 0.508 e. The van der Waals surface area contributed by atoms with Crippen LogP contribution >= 0.6 is 47.4 Å². The molecule has 65 heavy (non-hydrogen) atoms. The number of carboxylic acids is 1. The number of amidine groups is 1. The number of hydrogen-bond acceptors (Lipinski definition) is 9. The molecule has 5 aromatic carbocycles. The maximum absolute atomic E-state index is 13.2. The normalized spacial score (nSPS) is 11.8. The van der Waals surface area contributed by atoms with E-state index in [-0.39, 0.29) is 51.5 Å². The van der Waals surface area contributed by atoms with Gasteiger partial charge < -0.3 is 23.9 Å². The zero-order chi connectivity index (χ0) is 45.9. The number of phenols is 1. The van der Waals surface area contributed by atoms with Gasteiger partial charge in [-0.3, -0.25) is 20.4 Å². The number of aromatic nitrogens is 1. The van der Waals surface area contributed by atoms with Gasteiger partial charge in [0.05, 0.1) is 31.9 Å². The summed E-state index contributed by atoms with van der Waals surface area (Å²) in [5.41, 5.74) is 10.2. The Kier molecular flexibility index (Phi) is 13.0. The minimum absolute atomic E-state index is 0.0204. The quantitative estimate of drug-likeness (QED) is 0.0209. The predicted molar refractivity (Wildman–Crippen MR) is 257 cm³/mol. The number of hydrogen-bond donors (Lipinski definition) is 5. The maximum Gasteiger partial charge on any atom is 0.336 e. The Labute approximate surface area is 391 Å². The van der Waals surface area contributed by atoms with Crippen molar-refractivity contribution in [1.29, 1.82) is 0 Å². The Balaban J connectivity index is 0.935. The van der Waals surface area contributed by atoms with Crippen LogP contribution in [-0.2, 0) is 6.61 Å². The smallest absolute Gasteiger partial charge is 0.336 e. The highest BCUT2D eigenvalue weighted by atomic mass is 35.5. The van der Waals surface area contributed by atoms with E-state index in [1.165, 1.54) is 30.3 Å². The molecule has 16 heteroatoms. The van der Waals surface area contributed by atoms with Crippen LogP contribution in [0.15, 0.2) is 134 Å². The van der Waals surface area contributed by atoms with Crippen LogP contribution in [0.1, 0.15) is 62.9 Å². The van der Waals surface area contributed by atoms with E-state index in [1.807, 2.05) is 38.1 Å². The average molecular weight is 946 g/mol. The molecule has 4 N–H and O–H groups in total. The van der Waals surface area contributed by atoms with Crippen molar-refractivity contribution in [3.8, 4) is 45.2 Å².